The summed E-state index contributed by atoms with van der Waals surface area (Å²) in [6.45, 7) is 4.93. The summed E-state index contributed by atoms with van der Waals surface area (Å²) >= 11 is 0. The monoisotopic (exact) mass is 780 g/mol. The third-order valence-corrected chi connectivity index (χ3v) is 13.1. The van der Waals surface area contributed by atoms with Gasteiger partial charge >= 0.3 is 33.0 Å². The van der Waals surface area contributed by atoms with Crippen molar-refractivity contribution in [3.8, 4) is 0 Å². The van der Waals surface area contributed by atoms with E-state index < -0.39 is 23.7 Å². The van der Waals surface area contributed by atoms with Crippen molar-refractivity contribution in [2.75, 3.05) is 0 Å². The van der Waals surface area contributed by atoms with Crippen molar-refractivity contribution < 1.29 is 44.7 Å². The van der Waals surface area contributed by atoms with E-state index in [-0.39, 0.29) is 19.5 Å². The van der Waals surface area contributed by atoms with Crippen LogP contribution in [0.2, 0.25) is 0 Å². The summed E-state index contributed by atoms with van der Waals surface area (Å²) in [5.74, 6) is 1.62. The van der Waals surface area contributed by atoms with Gasteiger partial charge in [-0.15, -0.1) is 0 Å². The zero-order valence-electron chi connectivity index (χ0n) is 25.5. The summed E-state index contributed by atoms with van der Waals surface area (Å²) in [6.07, 6.45) is 11.8. The molecule has 0 unspecified atom stereocenters. The third-order valence-electron chi connectivity index (χ3n) is 7.46. The van der Waals surface area contributed by atoms with Gasteiger partial charge in [0.25, 0.3) is 0 Å². The molecule has 0 aliphatic heterocycles. The second-order valence-electron chi connectivity index (χ2n) is 11.3. The fourth-order valence-corrected chi connectivity index (χ4v) is 11.5. The molecule has 6 rings (SSSR count). The van der Waals surface area contributed by atoms with Gasteiger partial charge in [0.2, 0.25) is 0 Å². The van der Waals surface area contributed by atoms with Gasteiger partial charge in [-0.1, -0.05) is 159 Å². The van der Waals surface area contributed by atoms with E-state index in [4.69, 9.17) is 0 Å². The number of fused-ring (bicyclic) bond motifs is 2. The first-order valence-electron chi connectivity index (χ1n) is 14.9. The van der Waals surface area contributed by atoms with Crippen LogP contribution in [0, 0.1) is 11.8 Å². The minimum atomic E-state index is -10.7. The number of allylic oxidation sites excluding steroid dienone is 4. The Kier molecular flexibility index (Phi) is 13.2. The molecule has 0 spiro atoms. The van der Waals surface area contributed by atoms with Gasteiger partial charge in [0.05, 0.1) is 0 Å². The van der Waals surface area contributed by atoms with Crippen molar-refractivity contribution in [3.63, 3.8) is 0 Å². The van der Waals surface area contributed by atoms with Crippen molar-refractivity contribution in [1.82, 2.24) is 0 Å². The van der Waals surface area contributed by atoms with Gasteiger partial charge < -0.3 is 0 Å². The number of hydrogen-bond acceptors (Lipinski definition) is 0. The molecule has 0 fully saturated rings. The standard InChI is InChI=1S/C29H30P2.C7H8.F6P.Rh/c1-24(30(26-15-7-3-8-16-26)27-17-9-4-10-18-27)23-25(2)31(28-19-11-5-12-20-28)29-21-13-6-14-22-29;1-2-7-4-3-6(1)5-7;1-7(2,3,4,5)6;/h3-22,24-25H,23H2,1-2H3;1-4,6-7H,5H2;;/q;;-1;/t24-,25-;;;/m0.../s1. The SMILES string of the molecule is C1=CC2C=CC1C2.C[C@@H](C[C@H](C)P(c1ccccc1)c1ccccc1)P(c1ccccc1)c1ccccc1.F[P-](F)(F)(F)(F)F.[Rh]. The van der Waals surface area contributed by atoms with Crippen LogP contribution >= 0.6 is 23.7 Å². The summed E-state index contributed by atoms with van der Waals surface area (Å²) in [4.78, 5) is 0. The molecule has 1 radical (unpaired) electrons. The zero-order valence-corrected chi connectivity index (χ0v) is 29.8. The molecular formula is C36H38F6P3Rh-. The predicted octanol–water partition coefficient (Wildman–Crippen LogP) is 11.5. The van der Waals surface area contributed by atoms with Crippen LogP contribution in [0.15, 0.2) is 146 Å². The summed E-state index contributed by atoms with van der Waals surface area (Å²) in [5, 5.41) is 5.92. The molecule has 0 nitrogen and oxygen atoms in total. The molecular weight excluding hydrogens is 742 g/mol. The number of benzene rings is 4. The van der Waals surface area contributed by atoms with Gasteiger partial charge in [-0.3, -0.25) is 0 Å². The number of hydrogen-bond donors (Lipinski definition) is 0. The van der Waals surface area contributed by atoms with Crippen LogP contribution in [0.1, 0.15) is 26.7 Å². The second-order valence-corrected chi connectivity index (χ2v) is 18.5. The van der Waals surface area contributed by atoms with Crippen molar-refractivity contribution in [2.24, 2.45) is 11.8 Å². The Bertz CT molecular complexity index is 1330. The minimum Gasteiger partial charge on any atom is 0 e. The van der Waals surface area contributed by atoms with E-state index in [1.807, 2.05) is 0 Å². The number of halogens is 6. The van der Waals surface area contributed by atoms with Gasteiger partial charge in [0.1, 0.15) is 0 Å². The van der Waals surface area contributed by atoms with Crippen molar-refractivity contribution in [1.29, 1.82) is 0 Å². The van der Waals surface area contributed by atoms with Crippen LogP contribution in [-0.4, -0.2) is 11.3 Å². The first-order chi connectivity index (χ1) is 21.1. The van der Waals surface area contributed by atoms with E-state index in [0.29, 0.717) is 11.3 Å². The van der Waals surface area contributed by atoms with Crippen LogP contribution in [0.3, 0.4) is 0 Å². The van der Waals surface area contributed by atoms with E-state index in [1.165, 1.54) is 34.1 Å². The molecule has 4 aromatic rings. The summed E-state index contributed by atoms with van der Waals surface area (Å²) in [7, 11) is -11.5. The third kappa shape index (κ3) is 13.5. The Morgan fingerprint density at radius 3 is 0.891 bits per heavy atom. The molecule has 249 valence electrons. The molecule has 10 heteroatoms. The van der Waals surface area contributed by atoms with E-state index in [1.54, 1.807) is 0 Å². The largest absolute Gasteiger partial charge is 0 e. The predicted molar refractivity (Wildman–Crippen MR) is 185 cm³/mol. The van der Waals surface area contributed by atoms with Gasteiger partial charge in [-0.05, 0) is 73.1 Å². The van der Waals surface area contributed by atoms with Crippen LogP contribution < -0.4 is 21.2 Å². The fourth-order valence-electron chi connectivity index (χ4n) is 5.70. The molecule has 4 aromatic carbocycles. The van der Waals surface area contributed by atoms with Gasteiger partial charge in [-0.25, -0.2) is 0 Å². The topological polar surface area (TPSA) is 0 Å². The summed E-state index contributed by atoms with van der Waals surface area (Å²) in [6, 6.07) is 44.5. The average Bonchev–Trinajstić information content (AvgIpc) is 3.65. The smallest absolute Gasteiger partial charge is 0 e. The van der Waals surface area contributed by atoms with Crippen LogP contribution in [0.4, 0.5) is 25.2 Å². The molecule has 0 amide bonds. The molecule has 46 heavy (non-hydrogen) atoms. The molecule has 0 aromatic heterocycles. The molecule has 0 heterocycles. The van der Waals surface area contributed by atoms with Crippen LogP contribution in [0.25, 0.3) is 0 Å². The van der Waals surface area contributed by atoms with Crippen molar-refractivity contribution in [2.45, 2.75) is 38.0 Å². The second kappa shape index (κ2) is 15.8. The minimum absolute atomic E-state index is 0. The maximum atomic E-state index is 9.87. The zero-order chi connectivity index (χ0) is 32.6. The first-order valence-corrected chi connectivity index (χ1v) is 19.7. The van der Waals surface area contributed by atoms with Crippen LogP contribution in [0.5, 0.6) is 0 Å². The van der Waals surface area contributed by atoms with Crippen molar-refractivity contribution in [3.05, 3.63) is 146 Å². The van der Waals surface area contributed by atoms with E-state index >= 15 is 0 Å². The summed E-state index contributed by atoms with van der Waals surface area (Å²) in [5.41, 5.74) is 1.21. The Morgan fingerprint density at radius 2 is 0.717 bits per heavy atom. The maximum absolute atomic E-state index is 10.7. The van der Waals surface area contributed by atoms with Gasteiger partial charge in [0, 0.05) is 19.5 Å². The van der Waals surface area contributed by atoms with Crippen LogP contribution in [-0.2, 0) is 19.5 Å². The maximum Gasteiger partial charge on any atom is 0 e. The normalized spacial score (nSPS) is 19.1. The molecule has 0 saturated carbocycles. The van der Waals surface area contributed by atoms with E-state index in [0.717, 1.165) is 11.8 Å². The fraction of sp³-hybridized carbons (Fsp3) is 0.222. The molecule has 2 aliphatic carbocycles. The Labute approximate surface area is 283 Å². The van der Waals surface area contributed by atoms with Crippen molar-refractivity contribution >= 4 is 44.9 Å². The Hall–Kier alpha value is -2.15. The molecule has 2 bridgehead atoms. The molecule has 2 aliphatic rings. The molecule has 2 atom stereocenters. The van der Waals surface area contributed by atoms with Gasteiger partial charge in [0.15, 0.2) is 0 Å². The Morgan fingerprint density at radius 1 is 0.500 bits per heavy atom. The first kappa shape index (κ1) is 38.3. The quantitative estimate of drug-likeness (QED) is 0.0723. The van der Waals surface area contributed by atoms with E-state index in [9.17, 15) is 25.2 Å². The molecule has 0 N–H and O–H groups in total. The summed E-state index contributed by atoms with van der Waals surface area (Å²) < 4.78 is 59.2. The molecule has 0 saturated heterocycles. The van der Waals surface area contributed by atoms with Gasteiger partial charge in [-0.2, -0.15) is 0 Å². The number of rotatable bonds is 8. The Balaban J connectivity index is 0.000000315. The van der Waals surface area contributed by atoms with E-state index in [2.05, 4.69) is 159 Å². The average molecular weight is 781 g/mol.